The van der Waals surface area contributed by atoms with E-state index in [-0.39, 0.29) is 5.54 Å². The minimum Gasteiger partial charge on any atom is -0.354 e. The zero-order valence-electron chi connectivity index (χ0n) is 12.9. The SMILES string of the molecule is CCNc1nc(NC(C)(C)C)nc(-n2cnc(SC)n2)n1. The average Bonchev–Trinajstić information content (AvgIpc) is 2.85. The molecule has 0 amide bonds. The molecular weight excluding hydrogens is 288 g/mol. The number of aromatic nitrogens is 6. The fourth-order valence-electron chi connectivity index (χ4n) is 1.53. The van der Waals surface area contributed by atoms with Gasteiger partial charge in [-0.15, -0.1) is 5.10 Å². The maximum absolute atomic E-state index is 4.40. The summed E-state index contributed by atoms with van der Waals surface area (Å²) >= 11 is 1.47. The topological polar surface area (TPSA) is 93.4 Å². The van der Waals surface area contributed by atoms with E-state index in [1.165, 1.54) is 11.8 Å². The third-order valence-corrected chi connectivity index (χ3v) is 2.86. The highest BCUT2D eigenvalue weighted by atomic mass is 32.2. The number of nitrogens with zero attached hydrogens (tertiary/aromatic N) is 6. The van der Waals surface area contributed by atoms with Crippen molar-refractivity contribution in [1.82, 2.24) is 29.7 Å². The molecule has 114 valence electrons. The highest BCUT2D eigenvalue weighted by Crippen LogP contribution is 2.14. The summed E-state index contributed by atoms with van der Waals surface area (Å²) in [5, 5.41) is 11.3. The van der Waals surface area contributed by atoms with Crippen LogP contribution in [0.3, 0.4) is 0 Å². The molecule has 2 heterocycles. The van der Waals surface area contributed by atoms with Gasteiger partial charge >= 0.3 is 0 Å². The minimum absolute atomic E-state index is 0.144. The summed E-state index contributed by atoms with van der Waals surface area (Å²) in [4.78, 5) is 17.3. The Morgan fingerprint density at radius 2 is 1.90 bits per heavy atom. The second-order valence-corrected chi connectivity index (χ2v) is 6.14. The third kappa shape index (κ3) is 4.28. The van der Waals surface area contributed by atoms with Gasteiger partial charge in [0.25, 0.3) is 5.95 Å². The Morgan fingerprint density at radius 3 is 2.48 bits per heavy atom. The average molecular weight is 308 g/mol. The highest BCUT2D eigenvalue weighted by Gasteiger charge is 2.15. The first-order valence-electron chi connectivity index (χ1n) is 6.65. The Labute approximate surface area is 128 Å². The Bertz CT molecular complexity index is 604. The van der Waals surface area contributed by atoms with Crippen molar-refractivity contribution in [2.45, 2.75) is 38.4 Å². The summed E-state index contributed by atoms with van der Waals surface area (Å²) in [6, 6.07) is 0. The molecule has 0 aliphatic heterocycles. The molecule has 0 atom stereocenters. The Hall–Kier alpha value is -1.90. The molecule has 0 radical (unpaired) electrons. The maximum atomic E-state index is 4.40. The Balaban J connectivity index is 2.39. The maximum Gasteiger partial charge on any atom is 0.258 e. The van der Waals surface area contributed by atoms with Crippen molar-refractivity contribution < 1.29 is 0 Å². The molecule has 0 unspecified atom stereocenters. The van der Waals surface area contributed by atoms with Gasteiger partial charge in [-0.25, -0.2) is 4.98 Å². The van der Waals surface area contributed by atoms with Crippen molar-refractivity contribution in [3.63, 3.8) is 0 Å². The van der Waals surface area contributed by atoms with Gasteiger partial charge in [0.15, 0.2) is 0 Å². The molecule has 0 saturated carbocycles. The normalized spacial score (nSPS) is 11.5. The first-order valence-corrected chi connectivity index (χ1v) is 7.88. The van der Waals surface area contributed by atoms with Gasteiger partial charge in [0.2, 0.25) is 17.1 Å². The van der Waals surface area contributed by atoms with Gasteiger partial charge in [-0.05, 0) is 34.0 Å². The molecule has 2 N–H and O–H groups in total. The zero-order chi connectivity index (χ0) is 15.5. The molecule has 0 spiro atoms. The monoisotopic (exact) mass is 308 g/mol. The summed E-state index contributed by atoms with van der Waals surface area (Å²) in [5.74, 6) is 1.45. The van der Waals surface area contributed by atoms with Crippen LogP contribution in [-0.2, 0) is 0 Å². The van der Waals surface area contributed by atoms with E-state index in [2.05, 4.69) is 35.7 Å². The Kier molecular flexibility index (Phi) is 4.61. The van der Waals surface area contributed by atoms with Crippen LogP contribution in [0.5, 0.6) is 0 Å². The predicted molar refractivity (Wildman–Crippen MR) is 84.1 cm³/mol. The van der Waals surface area contributed by atoms with Gasteiger partial charge in [0, 0.05) is 12.1 Å². The lowest BCUT2D eigenvalue weighted by Gasteiger charge is -2.20. The fourth-order valence-corrected chi connectivity index (χ4v) is 1.86. The van der Waals surface area contributed by atoms with Crippen molar-refractivity contribution in [3.05, 3.63) is 6.33 Å². The molecule has 0 fully saturated rings. The van der Waals surface area contributed by atoms with Gasteiger partial charge in [0.05, 0.1) is 0 Å². The van der Waals surface area contributed by atoms with Crippen LogP contribution in [0.15, 0.2) is 11.5 Å². The van der Waals surface area contributed by atoms with Gasteiger partial charge in [-0.1, -0.05) is 11.8 Å². The Morgan fingerprint density at radius 1 is 1.19 bits per heavy atom. The van der Waals surface area contributed by atoms with Crippen molar-refractivity contribution in [2.24, 2.45) is 0 Å². The van der Waals surface area contributed by atoms with Crippen LogP contribution >= 0.6 is 11.8 Å². The van der Waals surface area contributed by atoms with E-state index in [9.17, 15) is 0 Å². The van der Waals surface area contributed by atoms with E-state index in [0.29, 0.717) is 23.0 Å². The van der Waals surface area contributed by atoms with E-state index >= 15 is 0 Å². The molecule has 0 aromatic carbocycles. The van der Waals surface area contributed by atoms with Gasteiger partial charge in [-0.2, -0.15) is 19.6 Å². The molecule has 0 bridgehead atoms. The van der Waals surface area contributed by atoms with Crippen LogP contribution in [0, 0.1) is 0 Å². The molecule has 21 heavy (non-hydrogen) atoms. The van der Waals surface area contributed by atoms with Crippen LogP contribution in [0.25, 0.3) is 5.95 Å². The van der Waals surface area contributed by atoms with Gasteiger partial charge < -0.3 is 10.6 Å². The number of rotatable bonds is 5. The lowest BCUT2D eigenvalue weighted by atomic mass is 10.1. The lowest BCUT2D eigenvalue weighted by Crippen LogP contribution is -2.28. The van der Waals surface area contributed by atoms with Crippen molar-refractivity contribution in [2.75, 3.05) is 23.4 Å². The first kappa shape index (κ1) is 15.5. The van der Waals surface area contributed by atoms with E-state index in [1.807, 2.05) is 34.0 Å². The zero-order valence-corrected chi connectivity index (χ0v) is 13.7. The number of hydrogen-bond acceptors (Lipinski definition) is 8. The smallest absolute Gasteiger partial charge is 0.258 e. The third-order valence-electron chi connectivity index (χ3n) is 2.30. The molecular formula is C12H20N8S. The molecule has 0 aliphatic carbocycles. The van der Waals surface area contributed by atoms with Gasteiger partial charge in [-0.3, -0.25) is 0 Å². The van der Waals surface area contributed by atoms with Crippen molar-refractivity contribution >= 4 is 23.7 Å². The van der Waals surface area contributed by atoms with E-state index in [4.69, 9.17) is 0 Å². The lowest BCUT2D eigenvalue weighted by molar-refractivity contribution is 0.623. The molecule has 0 aliphatic rings. The summed E-state index contributed by atoms with van der Waals surface area (Å²) in [5.41, 5.74) is -0.144. The first-order chi connectivity index (χ1) is 9.91. The van der Waals surface area contributed by atoms with E-state index < -0.39 is 0 Å². The summed E-state index contributed by atoms with van der Waals surface area (Å²) in [7, 11) is 0. The molecule has 9 heteroatoms. The second kappa shape index (κ2) is 6.25. The van der Waals surface area contributed by atoms with Crippen LogP contribution in [0.4, 0.5) is 11.9 Å². The molecule has 0 saturated heterocycles. The molecule has 2 aromatic heterocycles. The second-order valence-electron chi connectivity index (χ2n) is 5.36. The van der Waals surface area contributed by atoms with Crippen LogP contribution < -0.4 is 10.6 Å². The van der Waals surface area contributed by atoms with Crippen LogP contribution in [0.1, 0.15) is 27.7 Å². The molecule has 2 rings (SSSR count). The number of hydrogen-bond donors (Lipinski definition) is 2. The van der Waals surface area contributed by atoms with Crippen molar-refractivity contribution in [3.8, 4) is 5.95 Å². The van der Waals surface area contributed by atoms with E-state index in [0.717, 1.165) is 6.54 Å². The fraction of sp³-hybridized carbons (Fsp3) is 0.583. The van der Waals surface area contributed by atoms with E-state index in [1.54, 1.807) is 11.0 Å². The predicted octanol–water partition coefficient (Wildman–Crippen LogP) is 1.82. The van der Waals surface area contributed by atoms with Crippen molar-refractivity contribution in [1.29, 1.82) is 0 Å². The quantitative estimate of drug-likeness (QED) is 0.808. The largest absolute Gasteiger partial charge is 0.354 e. The number of thioether (sulfide) groups is 1. The summed E-state index contributed by atoms with van der Waals surface area (Å²) < 4.78 is 1.54. The van der Waals surface area contributed by atoms with Crippen LogP contribution in [-0.4, -0.2) is 48.1 Å². The molecule has 8 nitrogen and oxygen atoms in total. The minimum atomic E-state index is -0.144. The van der Waals surface area contributed by atoms with Gasteiger partial charge in [0.1, 0.15) is 6.33 Å². The molecule has 2 aromatic rings. The highest BCUT2D eigenvalue weighted by molar-refractivity contribution is 7.98. The standard InChI is InChI=1S/C12H20N8S/c1-6-13-8-15-9(18-12(2,3)4)17-10(16-8)20-7-14-11(19-20)21-5/h7H,6H2,1-5H3,(H2,13,15,16,17,18). The summed E-state index contributed by atoms with van der Waals surface area (Å²) in [6.45, 7) is 8.85. The number of nitrogens with one attached hydrogen (secondary N) is 2. The summed E-state index contributed by atoms with van der Waals surface area (Å²) in [6.07, 6.45) is 3.52. The number of anilines is 2. The van der Waals surface area contributed by atoms with Crippen LogP contribution in [0.2, 0.25) is 0 Å².